The molecular weight excluding hydrogens is 550 g/mol. The van der Waals surface area contributed by atoms with Gasteiger partial charge in [0.1, 0.15) is 4.90 Å². The number of nitrogens with zero attached hydrogens (tertiary/aromatic N) is 1. The van der Waals surface area contributed by atoms with E-state index < -0.39 is 50.2 Å². The number of halogens is 5. The lowest BCUT2D eigenvalue weighted by Crippen LogP contribution is -2.37. The van der Waals surface area contributed by atoms with Crippen LogP contribution < -0.4 is 15.4 Å². The normalized spacial score (nSPS) is 15.4. The van der Waals surface area contributed by atoms with Crippen LogP contribution in [-0.4, -0.2) is 52.7 Å². The third-order valence-corrected chi connectivity index (χ3v) is 6.82. The first-order valence-electron chi connectivity index (χ1n) is 10.3. The topological polar surface area (TPSA) is 128 Å². The molecule has 1 amide bonds. The Hall–Kier alpha value is -2.58. The second kappa shape index (κ2) is 10.8. The van der Waals surface area contributed by atoms with Crippen molar-refractivity contribution in [3.8, 4) is 0 Å². The zero-order valence-corrected chi connectivity index (χ0v) is 20.9. The molecule has 3 N–H and O–H groups in total. The summed E-state index contributed by atoms with van der Waals surface area (Å²) in [5.74, 6) is -2.12. The molecule has 1 aliphatic heterocycles. The second-order valence-corrected chi connectivity index (χ2v) is 10.0. The summed E-state index contributed by atoms with van der Waals surface area (Å²) < 4.78 is 73.6. The third kappa shape index (κ3) is 6.59. The molecule has 1 heterocycles. The van der Waals surface area contributed by atoms with E-state index in [2.05, 4.69) is 5.32 Å². The van der Waals surface area contributed by atoms with E-state index in [0.29, 0.717) is 32.0 Å². The first-order valence-corrected chi connectivity index (χ1v) is 12.6. The van der Waals surface area contributed by atoms with Gasteiger partial charge in [-0.1, -0.05) is 23.2 Å². The Morgan fingerprint density at radius 3 is 2.36 bits per heavy atom. The molecule has 1 fully saturated rings. The fourth-order valence-corrected chi connectivity index (χ4v) is 4.70. The van der Waals surface area contributed by atoms with Crippen LogP contribution in [0.5, 0.6) is 0 Å². The van der Waals surface area contributed by atoms with Gasteiger partial charge in [0, 0.05) is 13.1 Å². The number of ether oxygens (including phenoxy) is 2. The molecule has 1 saturated heterocycles. The van der Waals surface area contributed by atoms with Gasteiger partial charge in [0.2, 0.25) is 10.0 Å². The standard InChI is InChI=1S/C21H20Cl2F3N3O6S/c1-11(35-20(31)13-9-18(36(27,32)33)15(23)10-14(13)22)19(30)28-16-8-12(21(24,25)26)2-3-17(16)29-4-6-34-7-5-29/h2-3,8-11H,4-7H2,1H3,(H,28,30)(H2,27,32,33). The molecule has 2 aromatic carbocycles. The Morgan fingerprint density at radius 1 is 1.14 bits per heavy atom. The van der Waals surface area contributed by atoms with Gasteiger partial charge in [0.05, 0.1) is 45.8 Å². The summed E-state index contributed by atoms with van der Waals surface area (Å²) in [5.41, 5.74) is -1.22. The number of benzene rings is 2. The Kier molecular flexibility index (Phi) is 8.41. The van der Waals surface area contributed by atoms with Crippen molar-refractivity contribution in [2.45, 2.75) is 24.1 Å². The van der Waals surface area contributed by atoms with Crippen molar-refractivity contribution in [2.24, 2.45) is 5.14 Å². The van der Waals surface area contributed by atoms with Gasteiger partial charge in [-0.15, -0.1) is 0 Å². The summed E-state index contributed by atoms with van der Waals surface area (Å²) in [4.78, 5) is 26.5. The molecule has 0 radical (unpaired) electrons. The molecular formula is C21H20Cl2F3N3O6S. The van der Waals surface area contributed by atoms with Gasteiger partial charge in [-0.2, -0.15) is 13.2 Å². The number of hydrogen-bond donors (Lipinski definition) is 2. The Balaban J connectivity index is 1.84. The van der Waals surface area contributed by atoms with E-state index in [0.717, 1.165) is 24.3 Å². The molecule has 0 aromatic heterocycles. The maximum absolute atomic E-state index is 13.3. The molecule has 1 unspecified atom stereocenters. The van der Waals surface area contributed by atoms with Crippen molar-refractivity contribution in [3.05, 3.63) is 51.5 Å². The Morgan fingerprint density at radius 2 is 1.78 bits per heavy atom. The number of morpholine rings is 1. The number of primary sulfonamides is 1. The number of hydrogen-bond acceptors (Lipinski definition) is 7. The number of sulfonamides is 1. The summed E-state index contributed by atoms with van der Waals surface area (Å²) in [5, 5.41) is 6.84. The minimum absolute atomic E-state index is 0.138. The Bertz CT molecular complexity index is 1280. The largest absolute Gasteiger partial charge is 0.449 e. The maximum atomic E-state index is 13.3. The van der Waals surface area contributed by atoms with Crippen LogP contribution in [0.25, 0.3) is 0 Å². The number of nitrogens with one attached hydrogen (secondary N) is 1. The number of rotatable bonds is 6. The molecule has 196 valence electrons. The first kappa shape index (κ1) is 28.0. The molecule has 1 aliphatic rings. The highest BCUT2D eigenvalue weighted by molar-refractivity contribution is 7.89. The minimum Gasteiger partial charge on any atom is -0.449 e. The average molecular weight is 570 g/mol. The zero-order valence-electron chi connectivity index (χ0n) is 18.6. The fraction of sp³-hybridized carbons (Fsp3) is 0.333. The van der Waals surface area contributed by atoms with Crippen molar-refractivity contribution in [3.63, 3.8) is 0 Å². The van der Waals surface area contributed by atoms with E-state index in [4.69, 9.17) is 37.8 Å². The SMILES string of the molecule is CC(OC(=O)c1cc(S(N)(=O)=O)c(Cl)cc1Cl)C(=O)Nc1cc(C(F)(F)F)ccc1N1CCOCC1. The molecule has 2 aromatic rings. The van der Waals surface area contributed by atoms with Gasteiger partial charge in [0.25, 0.3) is 5.91 Å². The summed E-state index contributed by atoms with van der Waals surface area (Å²) in [6.07, 6.45) is -6.16. The molecule has 0 aliphatic carbocycles. The van der Waals surface area contributed by atoms with E-state index >= 15 is 0 Å². The van der Waals surface area contributed by atoms with Gasteiger partial charge in [-0.3, -0.25) is 4.79 Å². The lowest BCUT2D eigenvalue weighted by atomic mass is 10.1. The minimum atomic E-state index is -4.66. The highest BCUT2D eigenvalue weighted by Gasteiger charge is 2.32. The van der Waals surface area contributed by atoms with Crippen molar-refractivity contribution in [2.75, 3.05) is 36.5 Å². The molecule has 0 saturated carbocycles. The number of nitrogens with two attached hydrogens (primary N) is 1. The van der Waals surface area contributed by atoms with Crippen LogP contribution in [0.3, 0.4) is 0 Å². The van der Waals surface area contributed by atoms with Crippen molar-refractivity contribution < 1.29 is 40.7 Å². The maximum Gasteiger partial charge on any atom is 0.416 e. The highest BCUT2D eigenvalue weighted by Crippen LogP contribution is 2.36. The van der Waals surface area contributed by atoms with Gasteiger partial charge in [-0.25, -0.2) is 18.4 Å². The van der Waals surface area contributed by atoms with E-state index in [1.807, 2.05) is 0 Å². The van der Waals surface area contributed by atoms with Gasteiger partial charge in [-0.05, 0) is 37.3 Å². The quantitative estimate of drug-likeness (QED) is 0.508. The van der Waals surface area contributed by atoms with Crippen LogP contribution in [-0.2, 0) is 30.5 Å². The van der Waals surface area contributed by atoms with Crippen LogP contribution in [0.2, 0.25) is 10.0 Å². The van der Waals surface area contributed by atoms with E-state index in [1.165, 1.54) is 13.0 Å². The van der Waals surface area contributed by atoms with Crippen LogP contribution in [0.4, 0.5) is 24.5 Å². The highest BCUT2D eigenvalue weighted by atomic mass is 35.5. The third-order valence-electron chi connectivity index (χ3n) is 5.13. The smallest absolute Gasteiger partial charge is 0.416 e. The summed E-state index contributed by atoms with van der Waals surface area (Å²) in [6.45, 7) is 2.66. The van der Waals surface area contributed by atoms with Crippen LogP contribution in [0.1, 0.15) is 22.8 Å². The van der Waals surface area contributed by atoms with Crippen molar-refractivity contribution in [1.29, 1.82) is 0 Å². The van der Waals surface area contributed by atoms with E-state index in [-0.39, 0.29) is 15.7 Å². The number of alkyl halides is 3. The van der Waals surface area contributed by atoms with Gasteiger partial charge < -0.3 is 19.7 Å². The predicted octanol–water partition coefficient (Wildman–Crippen LogP) is 3.68. The molecule has 3 rings (SSSR count). The molecule has 1 atom stereocenters. The monoisotopic (exact) mass is 569 g/mol. The summed E-state index contributed by atoms with van der Waals surface area (Å²) >= 11 is 11.8. The van der Waals surface area contributed by atoms with Crippen LogP contribution in [0, 0.1) is 0 Å². The molecule has 0 bridgehead atoms. The number of anilines is 2. The average Bonchev–Trinajstić information content (AvgIpc) is 2.78. The zero-order chi connectivity index (χ0) is 26.8. The van der Waals surface area contributed by atoms with Crippen molar-refractivity contribution >= 4 is 56.5 Å². The molecule has 36 heavy (non-hydrogen) atoms. The summed E-state index contributed by atoms with van der Waals surface area (Å²) in [7, 11) is -4.31. The molecule has 9 nitrogen and oxygen atoms in total. The molecule has 15 heteroatoms. The fourth-order valence-electron chi connectivity index (χ4n) is 3.31. The van der Waals surface area contributed by atoms with Crippen LogP contribution in [0.15, 0.2) is 35.2 Å². The van der Waals surface area contributed by atoms with Crippen LogP contribution >= 0.6 is 23.2 Å². The van der Waals surface area contributed by atoms with E-state index in [9.17, 15) is 31.2 Å². The number of esters is 1. The molecule has 0 spiro atoms. The van der Waals surface area contributed by atoms with E-state index in [1.54, 1.807) is 4.90 Å². The first-order chi connectivity index (χ1) is 16.7. The number of carbonyl (C=O) groups is 2. The lowest BCUT2D eigenvalue weighted by molar-refractivity contribution is -0.137. The lowest BCUT2D eigenvalue weighted by Gasteiger charge is -2.31. The Labute approximate surface area is 214 Å². The van der Waals surface area contributed by atoms with Gasteiger partial charge in [0.15, 0.2) is 6.10 Å². The van der Waals surface area contributed by atoms with Gasteiger partial charge >= 0.3 is 12.1 Å². The number of carbonyl (C=O) groups excluding carboxylic acids is 2. The summed E-state index contributed by atoms with van der Waals surface area (Å²) in [6, 6.07) is 4.70. The predicted molar refractivity (Wildman–Crippen MR) is 126 cm³/mol. The van der Waals surface area contributed by atoms with Crippen molar-refractivity contribution in [1.82, 2.24) is 0 Å². The number of amides is 1. The second-order valence-electron chi connectivity index (χ2n) is 7.67.